The average molecular weight is 266 g/mol. The second kappa shape index (κ2) is 4.30. The molecule has 0 unspecified atom stereocenters. The fourth-order valence-electron chi connectivity index (χ4n) is 4.41. The van der Waals surface area contributed by atoms with Gasteiger partial charge < -0.3 is 0 Å². The molecule has 1 aliphatic heterocycles. The van der Waals surface area contributed by atoms with E-state index in [1.54, 1.807) is 0 Å². The first kappa shape index (κ1) is 16.7. The van der Waals surface area contributed by atoms with Crippen molar-refractivity contribution < 1.29 is 0 Å². The van der Waals surface area contributed by atoms with Gasteiger partial charge in [0.15, 0.2) is 0 Å². The maximum Gasteiger partial charge on any atom is 0.201 e. The standard InChI is InChI=1S/C17H34N2/c1-13(2,3)11-15(7,8)17(18-19-17)16(9,10)12-14(4,5)6/h11-12H2,1-10H3. The van der Waals surface area contributed by atoms with Gasteiger partial charge in [0.05, 0.1) is 0 Å². The van der Waals surface area contributed by atoms with Crippen molar-refractivity contribution in [3.63, 3.8) is 0 Å². The predicted molar refractivity (Wildman–Crippen MR) is 83.3 cm³/mol. The van der Waals surface area contributed by atoms with Crippen LogP contribution in [0.3, 0.4) is 0 Å². The lowest BCUT2D eigenvalue weighted by Crippen LogP contribution is -2.48. The van der Waals surface area contributed by atoms with E-state index in [0.717, 1.165) is 12.8 Å². The molecule has 1 rings (SSSR count). The van der Waals surface area contributed by atoms with Gasteiger partial charge in [0.25, 0.3) is 0 Å². The monoisotopic (exact) mass is 266 g/mol. The molecule has 1 heterocycles. The van der Waals surface area contributed by atoms with Gasteiger partial charge in [-0.3, -0.25) is 0 Å². The smallest absolute Gasteiger partial charge is 0.158 e. The minimum atomic E-state index is -0.194. The molecule has 0 atom stereocenters. The van der Waals surface area contributed by atoms with E-state index < -0.39 is 0 Å². The molecule has 0 bridgehead atoms. The first-order valence-electron chi connectivity index (χ1n) is 7.56. The number of rotatable bonds is 4. The minimum Gasteiger partial charge on any atom is -0.158 e. The van der Waals surface area contributed by atoms with E-state index in [2.05, 4.69) is 79.5 Å². The van der Waals surface area contributed by atoms with Crippen LogP contribution in [0.1, 0.15) is 82.1 Å². The van der Waals surface area contributed by atoms with Crippen LogP contribution in [0.5, 0.6) is 0 Å². The molecule has 0 radical (unpaired) electrons. The summed E-state index contributed by atoms with van der Waals surface area (Å²) in [6.45, 7) is 23.2. The first-order valence-corrected chi connectivity index (χ1v) is 7.56. The van der Waals surface area contributed by atoms with Gasteiger partial charge in [0.1, 0.15) is 0 Å². The van der Waals surface area contributed by atoms with Crippen LogP contribution in [0.4, 0.5) is 0 Å². The van der Waals surface area contributed by atoms with Gasteiger partial charge in [0.2, 0.25) is 5.66 Å². The second-order valence-electron chi connectivity index (χ2n) is 10.1. The molecule has 0 fully saturated rings. The normalized spacial score (nSPS) is 19.7. The first-order chi connectivity index (χ1) is 8.12. The highest BCUT2D eigenvalue weighted by Crippen LogP contribution is 2.61. The van der Waals surface area contributed by atoms with Gasteiger partial charge in [-0.05, 0) is 23.7 Å². The topological polar surface area (TPSA) is 24.7 Å². The molecule has 0 N–H and O–H groups in total. The summed E-state index contributed by atoms with van der Waals surface area (Å²) in [5, 5.41) is 9.14. The van der Waals surface area contributed by atoms with Gasteiger partial charge in [-0.2, -0.15) is 10.2 Å². The van der Waals surface area contributed by atoms with E-state index in [1.165, 1.54) is 0 Å². The SMILES string of the molecule is CC(C)(C)CC(C)(C)C1(C(C)(C)CC(C)(C)C)N=N1. The van der Waals surface area contributed by atoms with Crippen molar-refractivity contribution in [3.8, 4) is 0 Å². The zero-order chi connectivity index (χ0) is 15.3. The summed E-state index contributed by atoms with van der Waals surface area (Å²) in [6.07, 6.45) is 2.28. The van der Waals surface area contributed by atoms with E-state index >= 15 is 0 Å². The Balaban J connectivity index is 2.98. The summed E-state index contributed by atoms with van der Waals surface area (Å²) in [5.74, 6) is 0. The number of hydrogen-bond acceptors (Lipinski definition) is 2. The van der Waals surface area contributed by atoms with E-state index in [-0.39, 0.29) is 16.5 Å². The molecule has 0 aromatic carbocycles. The maximum atomic E-state index is 4.57. The molecule has 112 valence electrons. The Bertz CT molecular complexity index is 326. The maximum absolute atomic E-state index is 4.57. The van der Waals surface area contributed by atoms with Crippen molar-refractivity contribution in [2.45, 2.75) is 87.7 Å². The molecule has 0 spiro atoms. The molecule has 0 aliphatic carbocycles. The molecule has 0 saturated carbocycles. The van der Waals surface area contributed by atoms with Crippen LogP contribution in [0.25, 0.3) is 0 Å². The lowest BCUT2D eigenvalue weighted by Gasteiger charge is -2.46. The fourth-order valence-corrected chi connectivity index (χ4v) is 4.41. The third-order valence-electron chi connectivity index (χ3n) is 4.13. The van der Waals surface area contributed by atoms with Crippen molar-refractivity contribution in [1.82, 2.24) is 0 Å². The highest BCUT2D eigenvalue weighted by molar-refractivity contribution is 5.14. The highest BCUT2D eigenvalue weighted by Gasteiger charge is 2.63. The molecule has 1 aliphatic rings. The fraction of sp³-hybridized carbons (Fsp3) is 1.00. The van der Waals surface area contributed by atoms with Crippen molar-refractivity contribution in [2.75, 3.05) is 0 Å². The molecule has 0 aromatic rings. The lowest BCUT2D eigenvalue weighted by atomic mass is 9.58. The highest BCUT2D eigenvalue weighted by atomic mass is 15.5. The molecular formula is C17H34N2. The Morgan fingerprint density at radius 1 is 0.579 bits per heavy atom. The van der Waals surface area contributed by atoms with Crippen molar-refractivity contribution in [2.24, 2.45) is 31.9 Å². The Hall–Kier alpha value is -0.400. The molecule has 0 saturated heterocycles. The van der Waals surface area contributed by atoms with E-state index in [0.29, 0.717) is 10.8 Å². The van der Waals surface area contributed by atoms with Gasteiger partial charge in [-0.25, -0.2) is 0 Å². The summed E-state index contributed by atoms with van der Waals surface area (Å²) >= 11 is 0. The van der Waals surface area contributed by atoms with Crippen LogP contribution in [-0.2, 0) is 0 Å². The van der Waals surface area contributed by atoms with E-state index in [4.69, 9.17) is 0 Å². The molecule has 2 heteroatoms. The average Bonchev–Trinajstić information content (AvgIpc) is 2.70. The number of hydrogen-bond donors (Lipinski definition) is 0. The summed E-state index contributed by atoms with van der Waals surface area (Å²) in [5.41, 5.74) is 0.643. The van der Waals surface area contributed by atoms with Crippen molar-refractivity contribution in [3.05, 3.63) is 0 Å². The van der Waals surface area contributed by atoms with Gasteiger partial charge >= 0.3 is 0 Å². The zero-order valence-corrected chi connectivity index (χ0v) is 14.8. The zero-order valence-electron chi connectivity index (χ0n) is 14.8. The van der Waals surface area contributed by atoms with Gasteiger partial charge in [-0.15, -0.1) is 0 Å². The van der Waals surface area contributed by atoms with E-state index in [1.807, 2.05) is 0 Å². The molecule has 0 amide bonds. The third-order valence-corrected chi connectivity index (χ3v) is 4.13. The van der Waals surface area contributed by atoms with Gasteiger partial charge in [-0.1, -0.05) is 69.2 Å². The summed E-state index contributed by atoms with van der Waals surface area (Å²) < 4.78 is 0. The Morgan fingerprint density at radius 2 is 0.842 bits per heavy atom. The predicted octanol–water partition coefficient (Wildman–Crippen LogP) is 6.07. The van der Waals surface area contributed by atoms with Crippen LogP contribution in [-0.4, -0.2) is 5.66 Å². The van der Waals surface area contributed by atoms with E-state index in [9.17, 15) is 0 Å². The number of nitrogens with zero attached hydrogens (tertiary/aromatic N) is 2. The minimum absolute atomic E-state index is 0.111. The second-order valence-corrected chi connectivity index (χ2v) is 10.1. The van der Waals surface area contributed by atoms with Crippen LogP contribution in [0.2, 0.25) is 0 Å². The van der Waals surface area contributed by atoms with Crippen molar-refractivity contribution >= 4 is 0 Å². The van der Waals surface area contributed by atoms with Crippen LogP contribution in [0.15, 0.2) is 10.2 Å². The largest absolute Gasteiger partial charge is 0.201 e. The summed E-state index contributed by atoms with van der Waals surface area (Å²) in [6, 6.07) is 0. The van der Waals surface area contributed by atoms with Crippen LogP contribution in [0, 0.1) is 21.7 Å². The van der Waals surface area contributed by atoms with Crippen LogP contribution < -0.4 is 0 Å². The Kier molecular flexibility index (Phi) is 3.77. The molecular weight excluding hydrogens is 232 g/mol. The third kappa shape index (κ3) is 3.58. The Morgan fingerprint density at radius 3 is 1.00 bits per heavy atom. The molecule has 19 heavy (non-hydrogen) atoms. The summed E-state index contributed by atoms with van der Waals surface area (Å²) in [7, 11) is 0. The van der Waals surface area contributed by atoms with Crippen molar-refractivity contribution in [1.29, 1.82) is 0 Å². The van der Waals surface area contributed by atoms with Gasteiger partial charge in [0, 0.05) is 10.8 Å². The lowest BCUT2D eigenvalue weighted by molar-refractivity contribution is 0.0354. The Labute approximate surface area is 120 Å². The summed E-state index contributed by atoms with van der Waals surface area (Å²) in [4.78, 5) is 0. The molecule has 2 nitrogen and oxygen atoms in total. The quantitative estimate of drug-likeness (QED) is 0.589. The molecule has 0 aromatic heterocycles. The van der Waals surface area contributed by atoms with Crippen LogP contribution >= 0.6 is 0 Å².